The third-order valence-corrected chi connectivity index (χ3v) is 1.40. The lowest BCUT2D eigenvalue weighted by atomic mass is 10.0. The largest absolute Gasteiger partial charge is 0.280 e. The van der Waals surface area contributed by atoms with Gasteiger partial charge < -0.3 is 0 Å². The molecule has 0 amide bonds. The average molecular weight is 204 g/mol. The fourth-order valence-corrected chi connectivity index (χ4v) is 0.738. The van der Waals surface area contributed by atoms with E-state index in [4.69, 9.17) is 32.9 Å². The Balaban J connectivity index is 6.31. The summed E-state index contributed by atoms with van der Waals surface area (Å²) >= 11 is 0. The number of hydrogen-bond donors (Lipinski definition) is 0. The van der Waals surface area contributed by atoms with E-state index in [1.165, 1.54) is 30.3 Å². The summed E-state index contributed by atoms with van der Waals surface area (Å²) in [4.78, 5) is 2.74. The maximum atomic E-state index is 8.69. The van der Waals surface area contributed by atoms with Crippen molar-refractivity contribution in [3.63, 3.8) is 0 Å². The van der Waals surface area contributed by atoms with Gasteiger partial charge in [0.1, 0.15) is 23.8 Å². The Morgan fingerprint density at radius 1 is 0.750 bits per heavy atom. The first-order chi connectivity index (χ1) is 7.69. The Morgan fingerprint density at radius 2 is 1.25 bits per heavy atom. The molecule has 0 aliphatic carbocycles. The van der Waals surface area contributed by atoms with E-state index < -0.39 is 22.4 Å². The van der Waals surface area contributed by atoms with E-state index in [2.05, 4.69) is 4.85 Å². The molecule has 0 N–H and O–H groups in total. The number of hydrogen-bond acceptors (Lipinski definition) is 5. The molecule has 0 spiro atoms. The number of rotatable bonds is 1. The predicted molar refractivity (Wildman–Crippen MR) is 48.7 cm³/mol. The van der Waals surface area contributed by atoms with E-state index >= 15 is 0 Å². The standard InChI is InChI=1S/C10N6/c1-16-10(6-15)9(5-14)8(4-13)7(2-11)3-12. The zero-order chi connectivity index (χ0) is 12.6. The lowest BCUT2D eigenvalue weighted by Crippen LogP contribution is -1.92. The molecule has 6 nitrogen and oxygen atoms in total. The van der Waals surface area contributed by atoms with Crippen molar-refractivity contribution in [2.45, 2.75) is 0 Å². The van der Waals surface area contributed by atoms with Crippen LogP contribution in [0.15, 0.2) is 22.4 Å². The van der Waals surface area contributed by atoms with Gasteiger partial charge in [-0.3, -0.25) is 0 Å². The lowest BCUT2D eigenvalue weighted by Gasteiger charge is -1.94. The van der Waals surface area contributed by atoms with Gasteiger partial charge in [0.2, 0.25) is 0 Å². The SMILES string of the molecule is [C-]#[N+]C(C#N)=C(C#N)C(C#N)=C(C#N)C#N. The molecule has 0 radical (unpaired) electrons. The van der Waals surface area contributed by atoms with Crippen molar-refractivity contribution in [1.82, 2.24) is 0 Å². The Bertz CT molecular complexity index is 532. The minimum Gasteiger partial charge on any atom is -0.225 e. The molecule has 0 unspecified atom stereocenters. The molecule has 0 rings (SSSR count). The van der Waals surface area contributed by atoms with Gasteiger partial charge in [-0.1, -0.05) is 0 Å². The monoisotopic (exact) mass is 204 g/mol. The molecule has 0 aromatic heterocycles. The molecule has 6 heteroatoms. The van der Waals surface area contributed by atoms with Crippen LogP contribution in [0.5, 0.6) is 0 Å². The van der Waals surface area contributed by atoms with E-state index in [-0.39, 0.29) is 0 Å². The Labute approximate surface area is 91.2 Å². The van der Waals surface area contributed by atoms with Crippen molar-refractivity contribution >= 4 is 0 Å². The summed E-state index contributed by atoms with van der Waals surface area (Å²) < 4.78 is 0. The predicted octanol–water partition coefficient (Wildman–Crippen LogP) is 1.07. The van der Waals surface area contributed by atoms with Crippen LogP contribution in [0.25, 0.3) is 4.85 Å². The molecule has 0 aromatic carbocycles. The summed E-state index contributed by atoms with van der Waals surface area (Å²) in [6.07, 6.45) is 0. The summed E-state index contributed by atoms with van der Waals surface area (Å²) in [7, 11) is 0. The lowest BCUT2D eigenvalue weighted by molar-refractivity contribution is 1.36. The van der Waals surface area contributed by atoms with Crippen LogP contribution in [0.4, 0.5) is 0 Å². The van der Waals surface area contributed by atoms with Crippen LogP contribution < -0.4 is 0 Å². The molecule has 0 saturated heterocycles. The average Bonchev–Trinajstić information content (AvgIpc) is 2.33. The van der Waals surface area contributed by atoms with Gasteiger partial charge in [0, 0.05) is 0 Å². The van der Waals surface area contributed by atoms with Crippen LogP contribution in [0.2, 0.25) is 0 Å². The maximum absolute atomic E-state index is 8.69. The molecule has 0 aromatic rings. The van der Waals surface area contributed by atoms with Crippen LogP contribution in [-0.4, -0.2) is 0 Å². The summed E-state index contributed by atoms with van der Waals surface area (Å²) in [5.74, 6) is 0. The van der Waals surface area contributed by atoms with Crippen LogP contribution in [0, 0.1) is 63.2 Å². The zero-order valence-corrected chi connectivity index (χ0v) is 7.68. The first-order valence-electron chi connectivity index (χ1n) is 3.57. The van der Waals surface area contributed by atoms with E-state index in [0.717, 1.165) is 0 Å². The highest BCUT2D eigenvalue weighted by Crippen LogP contribution is 2.17. The van der Waals surface area contributed by atoms with E-state index in [1.807, 2.05) is 0 Å². The van der Waals surface area contributed by atoms with Crippen molar-refractivity contribution in [3.8, 4) is 30.3 Å². The number of nitrogens with zero attached hydrogens (tertiary/aromatic N) is 6. The van der Waals surface area contributed by atoms with Crippen LogP contribution in [0.1, 0.15) is 0 Å². The van der Waals surface area contributed by atoms with E-state index in [0.29, 0.717) is 0 Å². The highest BCUT2D eigenvalue weighted by Gasteiger charge is 2.16. The second-order valence-corrected chi connectivity index (χ2v) is 2.14. The fourth-order valence-electron chi connectivity index (χ4n) is 0.738. The van der Waals surface area contributed by atoms with Crippen LogP contribution in [-0.2, 0) is 0 Å². The van der Waals surface area contributed by atoms with Gasteiger partial charge in [-0.15, -0.1) is 0 Å². The minimum atomic E-state index is -0.623. The minimum absolute atomic E-state index is 0.556. The summed E-state index contributed by atoms with van der Waals surface area (Å²) in [5, 5.41) is 43.0. The van der Waals surface area contributed by atoms with Crippen LogP contribution >= 0.6 is 0 Å². The second kappa shape index (κ2) is 5.96. The van der Waals surface area contributed by atoms with Crippen molar-refractivity contribution in [3.05, 3.63) is 33.8 Å². The molecule has 0 heterocycles. The zero-order valence-electron chi connectivity index (χ0n) is 7.68. The van der Waals surface area contributed by atoms with Gasteiger partial charge in [0.25, 0.3) is 5.70 Å². The van der Waals surface area contributed by atoms with Crippen LogP contribution in [0.3, 0.4) is 0 Å². The van der Waals surface area contributed by atoms with Crippen molar-refractivity contribution < 1.29 is 0 Å². The molecule has 0 bridgehead atoms. The molecule has 0 aliphatic heterocycles. The van der Waals surface area contributed by atoms with Crippen molar-refractivity contribution in [1.29, 1.82) is 26.3 Å². The Kier molecular flexibility index (Phi) is 4.63. The maximum Gasteiger partial charge on any atom is 0.280 e. The summed E-state index contributed by atoms with van der Waals surface area (Å²) in [6, 6.07) is 7.19. The van der Waals surface area contributed by atoms with E-state index in [1.54, 1.807) is 0 Å². The summed E-state index contributed by atoms with van der Waals surface area (Å²) in [5.41, 5.74) is -2.34. The molecule has 0 saturated carbocycles. The first kappa shape index (κ1) is 12.4. The number of nitriles is 5. The van der Waals surface area contributed by atoms with Gasteiger partial charge in [0.05, 0.1) is 29.9 Å². The van der Waals surface area contributed by atoms with Crippen molar-refractivity contribution in [2.75, 3.05) is 0 Å². The third kappa shape index (κ3) is 2.22. The third-order valence-electron chi connectivity index (χ3n) is 1.40. The highest BCUT2D eigenvalue weighted by molar-refractivity contribution is 5.64. The fraction of sp³-hybridized carbons (Fsp3) is 0. The molecule has 0 fully saturated rings. The van der Waals surface area contributed by atoms with Gasteiger partial charge in [-0.2, -0.15) is 21.0 Å². The van der Waals surface area contributed by atoms with E-state index in [9.17, 15) is 0 Å². The topological polar surface area (TPSA) is 123 Å². The second-order valence-electron chi connectivity index (χ2n) is 2.14. The highest BCUT2D eigenvalue weighted by atomic mass is 14.7. The molecule has 70 valence electrons. The first-order valence-corrected chi connectivity index (χ1v) is 3.57. The molecule has 0 atom stereocenters. The molecule has 16 heavy (non-hydrogen) atoms. The molecular formula is C10N6. The smallest absolute Gasteiger partial charge is 0.225 e. The molecular weight excluding hydrogens is 204 g/mol. The summed E-state index contributed by atoms with van der Waals surface area (Å²) in [6.45, 7) is 6.61. The Hall–Kier alpha value is -3.58. The van der Waals surface area contributed by atoms with Crippen molar-refractivity contribution in [2.24, 2.45) is 0 Å². The Morgan fingerprint density at radius 3 is 1.50 bits per heavy atom. The van der Waals surface area contributed by atoms with Gasteiger partial charge in [0.15, 0.2) is 0 Å². The molecule has 0 aliphatic rings. The number of allylic oxidation sites excluding steroid dienone is 4. The quantitative estimate of drug-likeness (QED) is 0.359. The van der Waals surface area contributed by atoms with Gasteiger partial charge in [-0.25, -0.2) is 10.1 Å². The normalized spacial score (nSPS) is 8.62. The van der Waals surface area contributed by atoms with Gasteiger partial charge in [-0.05, 0) is 0 Å². The van der Waals surface area contributed by atoms with Gasteiger partial charge >= 0.3 is 0 Å².